The van der Waals surface area contributed by atoms with E-state index in [1.54, 1.807) is 0 Å². The molecular formula is C17H15ClN4O4S. The number of carbonyl (C=O) groups is 1. The number of nitro benzene ring substituents is 1. The van der Waals surface area contributed by atoms with E-state index in [0.29, 0.717) is 29.6 Å². The fraction of sp³-hybridized carbons (Fsp3) is 0.176. The van der Waals surface area contributed by atoms with Gasteiger partial charge in [0.05, 0.1) is 21.4 Å². The van der Waals surface area contributed by atoms with E-state index in [2.05, 4.69) is 15.6 Å². The lowest BCUT2D eigenvalue weighted by Crippen LogP contribution is -2.30. The second-order valence-electron chi connectivity index (χ2n) is 5.43. The number of thioether (sulfide) groups is 1. The molecule has 1 aromatic heterocycles. The van der Waals surface area contributed by atoms with Gasteiger partial charge in [0.25, 0.3) is 10.9 Å². The molecule has 0 spiro atoms. The molecule has 2 aromatic carbocycles. The Morgan fingerprint density at radius 3 is 2.81 bits per heavy atom. The molecule has 0 fully saturated rings. The van der Waals surface area contributed by atoms with E-state index in [1.807, 2.05) is 24.3 Å². The Bertz CT molecular complexity index is 945. The van der Waals surface area contributed by atoms with Crippen LogP contribution in [-0.2, 0) is 4.79 Å². The summed E-state index contributed by atoms with van der Waals surface area (Å²) in [5, 5.41) is 17.2. The molecule has 0 atom stereocenters. The number of nitrogens with zero attached hydrogens (tertiary/aromatic N) is 2. The van der Waals surface area contributed by atoms with Gasteiger partial charge in [-0.3, -0.25) is 14.9 Å². The van der Waals surface area contributed by atoms with Crippen molar-refractivity contribution < 1.29 is 14.1 Å². The van der Waals surface area contributed by atoms with Gasteiger partial charge in [-0.25, -0.2) is 4.98 Å². The summed E-state index contributed by atoms with van der Waals surface area (Å²) >= 11 is 7.21. The highest BCUT2D eigenvalue weighted by molar-refractivity contribution is 7.99. The maximum absolute atomic E-state index is 11.9. The minimum Gasteiger partial charge on any atom is -0.431 e. The van der Waals surface area contributed by atoms with Gasteiger partial charge in [0.2, 0.25) is 5.91 Å². The van der Waals surface area contributed by atoms with Gasteiger partial charge in [0, 0.05) is 25.2 Å². The second-order valence-corrected chi connectivity index (χ2v) is 6.77. The van der Waals surface area contributed by atoms with Crippen molar-refractivity contribution in [2.75, 3.05) is 24.2 Å². The average molecular weight is 407 g/mol. The van der Waals surface area contributed by atoms with E-state index in [-0.39, 0.29) is 22.4 Å². The van der Waals surface area contributed by atoms with Gasteiger partial charge in [-0.2, -0.15) is 0 Å². The van der Waals surface area contributed by atoms with Crippen LogP contribution in [-0.4, -0.2) is 34.7 Å². The summed E-state index contributed by atoms with van der Waals surface area (Å²) in [5.74, 6) is 0.0318. The van der Waals surface area contributed by atoms with Gasteiger partial charge < -0.3 is 15.1 Å². The number of para-hydroxylation sites is 2. The Balaban J connectivity index is 1.40. The zero-order chi connectivity index (χ0) is 19.2. The third kappa shape index (κ3) is 5.11. The van der Waals surface area contributed by atoms with Crippen molar-refractivity contribution in [3.63, 3.8) is 0 Å². The molecule has 0 aliphatic carbocycles. The molecule has 0 unspecified atom stereocenters. The lowest BCUT2D eigenvalue weighted by molar-refractivity contribution is -0.384. The molecule has 0 aliphatic rings. The molecule has 140 valence electrons. The maximum Gasteiger partial charge on any atom is 0.271 e. The van der Waals surface area contributed by atoms with Crippen molar-refractivity contribution in [1.82, 2.24) is 10.3 Å². The van der Waals surface area contributed by atoms with Crippen LogP contribution >= 0.6 is 23.4 Å². The van der Waals surface area contributed by atoms with Crippen LogP contribution in [0.4, 0.5) is 11.4 Å². The summed E-state index contributed by atoms with van der Waals surface area (Å²) in [7, 11) is 0. The van der Waals surface area contributed by atoms with Crippen molar-refractivity contribution in [2.24, 2.45) is 0 Å². The first-order valence-corrected chi connectivity index (χ1v) is 9.32. The van der Waals surface area contributed by atoms with Crippen LogP contribution in [0.2, 0.25) is 5.02 Å². The second kappa shape index (κ2) is 8.74. The Hall–Kier alpha value is -2.78. The van der Waals surface area contributed by atoms with Crippen LogP contribution in [0.15, 0.2) is 52.1 Å². The molecule has 0 radical (unpaired) electrons. The van der Waals surface area contributed by atoms with Crippen LogP contribution in [0, 0.1) is 10.1 Å². The van der Waals surface area contributed by atoms with Crippen molar-refractivity contribution in [3.8, 4) is 0 Å². The van der Waals surface area contributed by atoms with Crippen molar-refractivity contribution in [2.45, 2.75) is 5.22 Å². The summed E-state index contributed by atoms with van der Waals surface area (Å²) < 4.78 is 5.54. The number of oxazole rings is 1. The fourth-order valence-electron chi connectivity index (χ4n) is 2.25. The van der Waals surface area contributed by atoms with E-state index in [9.17, 15) is 14.9 Å². The van der Waals surface area contributed by atoms with Crippen LogP contribution in [0.1, 0.15) is 0 Å². The van der Waals surface area contributed by atoms with Gasteiger partial charge in [-0.05, 0) is 18.2 Å². The molecule has 27 heavy (non-hydrogen) atoms. The van der Waals surface area contributed by atoms with Crippen molar-refractivity contribution >= 4 is 51.7 Å². The number of nitro groups is 1. The summed E-state index contributed by atoms with van der Waals surface area (Å²) in [4.78, 5) is 26.4. The molecule has 0 saturated carbocycles. The van der Waals surface area contributed by atoms with Crippen LogP contribution in [0.25, 0.3) is 11.1 Å². The molecular weight excluding hydrogens is 392 g/mol. The predicted molar refractivity (Wildman–Crippen MR) is 104 cm³/mol. The van der Waals surface area contributed by atoms with E-state index in [0.717, 1.165) is 5.52 Å². The zero-order valence-corrected chi connectivity index (χ0v) is 15.5. The fourth-order valence-corrected chi connectivity index (χ4v) is 3.16. The topological polar surface area (TPSA) is 110 Å². The number of halogens is 1. The SMILES string of the molecule is O=C(CSc1nc2ccccc2o1)NCCNc1ccc([N+](=O)[O-])cc1Cl. The Labute approximate surface area is 163 Å². The molecule has 3 aromatic rings. The van der Waals surface area contributed by atoms with Gasteiger partial charge in [0.1, 0.15) is 5.52 Å². The largest absolute Gasteiger partial charge is 0.431 e. The Morgan fingerprint density at radius 2 is 2.07 bits per heavy atom. The number of benzene rings is 2. The summed E-state index contributed by atoms with van der Waals surface area (Å²) in [6.07, 6.45) is 0. The van der Waals surface area contributed by atoms with Crippen LogP contribution < -0.4 is 10.6 Å². The number of rotatable bonds is 8. The zero-order valence-electron chi connectivity index (χ0n) is 14.0. The predicted octanol–water partition coefficient (Wildman–Crippen LogP) is 3.71. The van der Waals surface area contributed by atoms with Gasteiger partial charge in [-0.1, -0.05) is 35.5 Å². The summed E-state index contributed by atoms with van der Waals surface area (Å²) in [6.45, 7) is 0.803. The number of nitrogens with one attached hydrogen (secondary N) is 2. The van der Waals surface area contributed by atoms with E-state index >= 15 is 0 Å². The summed E-state index contributed by atoms with van der Waals surface area (Å²) in [6, 6.07) is 11.6. The van der Waals surface area contributed by atoms with Crippen molar-refractivity contribution in [3.05, 3.63) is 57.6 Å². The average Bonchev–Trinajstić information content (AvgIpc) is 3.07. The third-order valence-corrected chi connectivity index (χ3v) is 4.67. The molecule has 0 saturated heterocycles. The van der Waals surface area contributed by atoms with Gasteiger partial charge in [0.15, 0.2) is 5.58 Å². The summed E-state index contributed by atoms with van der Waals surface area (Å²) in [5.41, 5.74) is 1.93. The van der Waals surface area contributed by atoms with E-state index < -0.39 is 4.92 Å². The highest BCUT2D eigenvalue weighted by atomic mass is 35.5. The first-order chi connectivity index (χ1) is 13.0. The molecule has 0 bridgehead atoms. The van der Waals surface area contributed by atoms with Gasteiger partial charge in [-0.15, -0.1) is 0 Å². The lowest BCUT2D eigenvalue weighted by atomic mass is 10.3. The maximum atomic E-state index is 11.9. The quantitative estimate of drug-likeness (QED) is 0.254. The van der Waals surface area contributed by atoms with Gasteiger partial charge >= 0.3 is 0 Å². The first kappa shape index (κ1) is 19.0. The monoisotopic (exact) mass is 406 g/mol. The standard InChI is InChI=1S/C17H15ClN4O4S/c18-12-9-11(22(24)25)5-6-13(12)19-7-8-20-16(23)10-27-17-21-14-3-1-2-4-15(14)26-17/h1-6,9,19H,7-8,10H2,(H,20,23). The number of anilines is 1. The highest BCUT2D eigenvalue weighted by Gasteiger charge is 2.10. The molecule has 1 heterocycles. The Kier molecular flexibility index (Phi) is 6.15. The molecule has 0 aliphatic heterocycles. The number of hydrogen-bond acceptors (Lipinski definition) is 7. The molecule has 3 rings (SSSR count). The van der Waals surface area contributed by atoms with Crippen LogP contribution in [0.3, 0.4) is 0 Å². The third-order valence-electron chi connectivity index (χ3n) is 3.53. The van der Waals surface area contributed by atoms with Crippen LogP contribution in [0.5, 0.6) is 0 Å². The minimum atomic E-state index is -0.510. The van der Waals surface area contributed by atoms with E-state index in [4.69, 9.17) is 16.0 Å². The molecule has 2 N–H and O–H groups in total. The molecule has 1 amide bonds. The first-order valence-electron chi connectivity index (χ1n) is 7.96. The molecule has 8 nitrogen and oxygen atoms in total. The number of aromatic nitrogens is 1. The van der Waals surface area contributed by atoms with Crippen molar-refractivity contribution in [1.29, 1.82) is 0 Å². The number of hydrogen-bond donors (Lipinski definition) is 2. The number of amides is 1. The molecule has 10 heteroatoms. The highest BCUT2D eigenvalue weighted by Crippen LogP contribution is 2.26. The smallest absolute Gasteiger partial charge is 0.271 e. The minimum absolute atomic E-state index is 0.0740. The lowest BCUT2D eigenvalue weighted by Gasteiger charge is -2.09. The van der Waals surface area contributed by atoms with E-state index in [1.165, 1.54) is 30.0 Å². The number of fused-ring (bicyclic) bond motifs is 1. The number of non-ortho nitro benzene ring substituents is 1. The Morgan fingerprint density at radius 1 is 1.26 bits per heavy atom. The normalized spacial score (nSPS) is 10.7. The number of carbonyl (C=O) groups excluding carboxylic acids is 1.